The van der Waals surface area contributed by atoms with E-state index in [0.29, 0.717) is 5.56 Å². The van der Waals surface area contributed by atoms with Crippen LogP contribution in [-0.4, -0.2) is 83.6 Å². The van der Waals surface area contributed by atoms with Gasteiger partial charge in [0.05, 0.1) is 34.5 Å². The summed E-state index contributed by atoms with van der Waals surface area (Å²) in [6.07, 6.45) is -8.75. The van der Waals surface area contributed by atoms with Crippen molar-refractivity contribution >= 4 is 11.6 Å². The first-order valence-corrected chi connectivity index (χ1v) is 11.8. The molecular weight excluding hydrogens is 488 g/mol. The third kappa shape index (κ3) is 3.73. The first-order valence-electron chi connectivity index (χ1n) is 11.8. The summed E-state index contributed by atoms with van der Waals surface area (Å²) in [5.41, 5.74) is -2.70. The van der Waals surface area contributed by atoms with Crippen molar-refractivity contribution in [2.75, 3.05) is 0 Å². The third-order valence-corrected chi connectivity index (χ3v) is 7.51. The second-order valence-electron chi connectivity index (χ2n) is 10.3. The van der Waals surface area contributed by atoms with Gasteiger partial charge < -0.3 is 45.2 Å². The van der Waals surface area contributed by atoms with Crippen LogP contribution in [0.1, 0.15) is 74.9 Å². The maximum Gasteiger partial charge on any atom is 0.202 e. The quantitative estimate of drug-likeness (QED) is 0.234. The average molecular weight is 516 g/mol. The SMILES string of the molecule is Cc1ccc2c(c1O)C(=O)c1c(O)c3c(c(O)c1C2=O)CC(C)(O)CC3OC1OC(C)C(O)C(O)C1O. The number of aryl methyl sites for hydroxylation is 1. The van der Waals surface area contributed by atoms with Gasteiger partial charge in [-0.15, -0.1) is 0 Å². The summed E-state index contributed by atoms with van der Waals surface area (Å²) in [6.45, 7) is 4.45. The van der Waals surface area contributed by atoms with Crippen LogP contribution < -0.4 is 0 Å². The Morgan fingerprint density at radius 2 is 1.57 bits per heavy atom. The number of benzene rings is 2. The van der Waals surface area contributed by atoms with Crippen LogP contribution in [0.4, 0.5) is 0 Å². The van der Waals surface area contributed by atoms with Crippen molar-refractivity contribution in [2.45, 2.75) is 76.0 Å². The summed E-state index contributed by atoms with van der Waals surface area (Å²) in [6, 6.07) is 2.81. The molecule has 7 N–H and O–H groups in total. The highest BCUT2D eigenvalue weighted by Gasteiger charge is 2.48. The molecule has 0 aromatic heterocycles. The highest BCUT2D eigenvalue weighted by molar-refractivity contribution is 6.31. The molecule has 11 heteroatoms. The van der Waals surface area contributed by atoms with E-state index in [1.54, 1.807) is 6.92 Å². The lowest BCUT2D eigenvalue weighted by Crippen LogP contribution is -2.57. The Hall–Kier alpha value is -3.06. The molecule has 2 aromatic carbocycles. The Kier molecular flexibility index (Phi) is 5.87. The Morgan fingerprint density at radius 3 is 2.24 bits per heavy atom. The molecule has 5 rings (SSSR count). The molecule has 11 nitrogen and oxygen atoms in total. The molecule has 7 atom stereocenters. The van der Waals surface area contributed by atoms with Gasteiger partial charge in [0.15, 0.2) is 12.1 Å². The lowest BCUT2D eigenvalue weighted by molar-refractivity contribution is -0.308. The number of aliphatic hydroxyl groups is 4. The van der Waals surface area contributed by atoms with Crippen LogP contribution in [0.15, 0.2) is 12.1 Å². The maximum atomic E-state index is 13.5. The largest absolute Gasteiger partial charge is 0.507 e. The fourth-order valence-corrected chi connectivity index (χ4v) is 5.49. The molecule has 0 bridgehead atoms. The highest BCUT2D eigenvalue weighted by atomic mass is 16.7. The molecule has 2 aliphatic carbocycles. The summed E-state index contributed by atoms with van der Waals surface area (Å²) < 4.78 is 11.4. The van der Waals surface area contributed by atoms with Gasteiger partial charge in [0.25, 0.3) is 0 Å². The van der Waals surface area contributed by atoms with E-state index in [-0.39, 0.29) is 35.1 Å². The molecule has 1 saturated heterocycles. The first-order chi connectivity index (χ1) is 17.2. The van der Waals surface area contributed by atoms with Crippen LogP contribution in [0.2, 0.25) is 0 Å². The van der Waals surface area contributed by atoms with Crippen LogP contribution in [0.5, 0.6) is 17.2 Å². The molecule has 2 aromatic rings. The van der Waals surface area contributed by atoms with Crippen molar-refractivity contribution in [3.05, 3.63) is 51.1 Å². The number of ketones is 2. The molecule has 0 saturated carbocycles. The number of rotatable bonds is 2. The van der Waals surface area contributed by atoms with E-state index in [2.05, 4.69) is 0 Å². The van der Waals surface area contributed by atoms with E-state index in [1.165, 1.54) is 26.0 Å². The van der Waals surface area contributed by atoms with Crippen LogP contribution in [-0.2, 0) is 15.9 Å². The van der Waals surface area contributed by atoms with Gasteiger partial charge >= 0.3 is 0 Å². The molecule has 0 spiro atoms. The van der Waals surface area contributed by atoms with Crippen LogP contribution >= 0.6 is 0 Å². The minimum absolute atomic E-state index is 0.0302. The number of carbonyl (C=O) groups excluding carboxylic acids is 2. The fraction of sp³-hybridized carbons (Fsp3) is 0.462. The monoisotopic (exact) mass is 516 g/mol. The number of hydrogen-bond donors (Lipinski definition) is 7. The van der Waals surface area contributed by atoms with Crippen LogP contribution in [0, 0.1) is 6.92 Å². The van der Waals surface area contributed by atoms with Crippen molar-refractivity contribution in [1.29, 1.82) is 0 Å². The van der Waals surface area contributed by atoms with E-state index >= 15 is 0 Å². The molecule has 198 valence electrons. The van der Waals surface area contributed by atoms with Crippen LogP contribution in [0.25, 0.3) is 0 Å². The van der Waals surface area contributed by atoms with Crippen molar-refractivity contribution in [2.24, 2.45) is 0 Å². The van der Waals surface area contributed by atoms with Gasteiger partial charge in [-0.3, -0.25) is 9.59 Å². The third-order valence-electron chi connectivity index (χ3n) is 7.51. The molecule has 7 unspecified atom stereocenters. The number of aliphatic hydroxyl groups excluding tert-OH is 3. The van der Waals surface area contributed by atoms with Gasteiger partial charge in [-0.2, -0.15) is 0 Å². The summed E-state index contributed by atoms with van der Waals surface area (Å²) in [7, 11) is 0. The molecule has 37 heavy (non-hydrogen) atoms. The van der Waals surface area contributed by atoms with E-state index in [4.69, 9.17) is 9.47 Å². The Labute approximate surface area is 211 Å². The van der Waals surface area contributed by atoms with Crippen molar-refractivity contribution in [1.82, 2.24) is 0 Å². The maximum absolute atomic E-state index is 13.5. The van der Waals surface area contributed by atoms with E-state index in [0.717, 1.165) is 0 Å². The minimum Gasteiger partial charge on any atom is -0.507 e. The van der Waals surface area contributed by atoms with Gasteiger partial charge in [-0.05, 0) is 32.4 Å². The second kappa shape index (κ2) is 8.48. The lowest BCUT2D eigenvalue weighted by Gasteiger charge is -2.43. The minimum atomic E-state index is -1.69. The summed E-state index contributed by atoms with van der Waals surface area (Å²) in [5.74, 6) is -3.37. The molecule has 0 amide bonds. The fourth-order valence-electron chi connectivity index (χ4n) is 5.49. The average Bonchev–Trinajstić information content (AvgIpc) is 2.82. The molecule has 1 heterocycles. The molecule has 1 aliphatic heterocycles. The number of ether oxygens (including phenoxy) is 2. The lowest BCUT2D eigenvalue weighted by atomic mass is 9.73. The van der Waals surface area contributed by atoms with Crippen molar-refractivity contribution in [3.8, 4) is 17.2 Å². The summed E-state index contributed by atoms with van der Waals surface area (Å²) in [5, 5.41) is 74.6. The first kappa shape index (κ1) is 25.6. The predicted molar refractivity (Wildman–Crippen MR) is 125 cm³/mol. The standard InChI is InChI=1S/C26H28O11/c1-8-4-5-10-14(17(8)27)22(32)16-15(19(10)29)20(30)11-6-26(3,35)7-12(13(11)21(16)31)37-25-24(34)23(33)18(28)9(2)36-25/h4-5,9,12,18,23-25,27-28,30-31,33-35H,6-7H2,1-3H3. The smallest absolute Gasteiger partial charge is 0.202 e. The zero-order chi connectivity index (χ0) is 27.1. The number of aromatic hydroxyl groups is 3. The molecular formula is C26H28O11. The molecule has 3 aliphatic rings. The zero-order valence-corrected chi connectivity index (χ0v) is 20.3. The number of phenolic OH excluding ortho intramolecular Hbond substituents is 3. The van der Waals surface area contributed by atoms with E-state index in [9.17, 15) is 45.3 Å². The second-order valence-corrected chi connectivity index (χ2v) is 10.3. The Morgan fingerprint density at radius 1 is 0.919 bits per heavy atom. The normalized spacial score (nSPS) is 33.1. The molecule has 0 radical (unpaired) electrons. The number of carbonyl (C=O) groups is 2. The number of hydrogen-bond acceptors (Lipinski definition) is 11. The van der Waals surface area contributed by atoms with Gasteiger partial charge in [0, 0.05) is 29.5 Å². The van der Waals surface area contributed by atoms with Gasteiger partial charge in [-0.25, -0.2) is 0 Å². The van der Waals surface area contributed by atoms with Gasteiger partial charge in [-0.1, -0.05) is 6.07 Å². The number of phenols is 3. The van der Waals surface area contributed by atoms with E-state index in [1.807, 2.05) is 0 Å². The Balaban J connectivity index is 1.67. The van der Waals surface area contributed by atoms with Crippen LogP contribution in [0.3, 0.4) is 0 Å². The van der Waals surface area contributed by atoms with Crippen molar-refractivity contribution < 1.29 is 54.8 Å². The van der Waals surface area contributed by atoms with Crippen molar-refractivity contribution in [3.63, 3.8) is 0 Å². The van der Waals surface area contributed by atoms with Gasteiger partial charge in [0.1, 0.15) is 35.6 Å². The zero-order valence-electron chi connectivity index (χ0n) is 20.3. The van der Waals surface area contributed by atoms with Gasteiger partial charge in [0.2, 0.25) is 5.78 Å². The number of fused-ring (bicyclic) bond motifs is 3. The predicted octanol–water partition coefficient (Wildman–Crippen LogP) is 0.470. The van der Waals surface area contributed by atoms with E-state index < -0.39 is 82.4 Å². The molecule has 1 fully saturated rings. The highest BCUT2D eigenvalue weighted by Crippen LogP contribution is 2.52. The topological polar surface area (TPSA) is 194 Å². The summed E-state index contributed by atoms with van der Waals surface area (Å²) in [4.78, 5) is 26.8. The Bertz CT molecular complexity index is 1330. The summed E-state index contributed by atoms with van der Waals surface area (Å²) >= 11 is 0.